The van der Waals surface area contributed by atoms with Gasteiger partial charge in [0.15, 0.2) is 11.9 Å². The number of fused-ring (bicyclic) bond motifs is 1. The Balaban J connectivity index is 1.69. The first-order valence-corrected chi connectivity index (χ1v) is 8.48. The molecule has 2 heterocycles. The molecule has 0 atom stereocenters. The van der Waals surface area contributed by atoms with Crippen LogP contribution in [-0.4, -0.2) is 36.9 Å². The van der Waals surface area contributed by atoms with Gasteiger partial charge in [0.2, 0.25) is 0 Å². The fourth-order valence-corrected chi connectivity index (χ4v) is 3.23. The molecule has 4 rings (SSSR count). The molecule has 26 heavy (non-hydrogen) atoms. The van der Waals surface area contributed by atoms with E-state index in [2.05, 4.69) is 0 Å². The zero-order valence-electron chi connectivity index (χ0n) is 14.6. The summed E-state index contributed by atoms with van der Waals surface area (Å²) in [5.74, 6) is -0.285. The maximum Gasteiger partial charge on any atom is 0.266 e. The lowest BCUT2D eigenvalue weighted by Gasteiger charge is -2.32. The third-order valence-electron chi connectivity index (χ3n) is 4.46. The average Bonchev–Trinajstić information content (AvgIpc) is 3.25. The molecule has 6 nitrogen and oxygen atoms in total. The van der Waals surface area contributed by atoms with Gasteiger partial charge in [0.25, 0.3) is 11.8 Å². The van der Waals surface area contributed by atoms with Gasteiger partial charge in [-0.1, -0.05) is 24.3 Å². The molecule has 1 saturated heterocycles. The number of rotatable bonds is 4. The Morgan fingerprint density at radius 2 is 1.46 bits per heavy atom. The average molecular weight is 353 g/mol. The van der Waals surface area contributed by atoms with Crippen LogP contribution in [0.25, 0.3) is 0 Å². The van der Waals surface area contributed by atoms with Gasteiger partial charge < -0.3 is 14.2 Å². The molecule has 2 aromatic rings. The first kappa shape index (κ1) is 16.8. The van der Waals surface area contributed by atoms with Gasteiger partial charge in [0.1, 0.15) is 5.75 Å². The summed E-state index contributed by atoms with van der Waals surface area (Å²) in [6, 6.07) is 13.8. The molecule has 0 spiro atoms. The van der Waals surface area contributed by atoms with Crippen molar-refractivity contribution in [1.82, 2.24) is 0 Å². The van der Waals surface area contributed by atoms with Gasteiger partial charge in [-0.05, 0) is 38.1 Å². The van der Waals surface area contributed by atoms with Crippen LogP contribution in [0.5, 0.6) is 5.75 Å². The number of hydrogen-bond donors (Lipinski definition) is 0. The van der Waals surface area contributed by atoms with Crippen molar-refractivity contribution in [3.05, 3.63) is 59.7 Å². The largest absolute Gasteiger partial charge is 0.480 e. The van der Waals surface area contributed by atoms with E-state index >= 15 is 0 Å². The zero-order valence-corrected chi connectivity index (χ0v) is 14.6. The number of anilines is 1. The maximum atomic E-state index is 12.8. The van der Waals surface area contributed by atoms with Gasteiger partial charge in [0, 0.05) is 0 Å². The Kier molecular flexibility index (Phi) is 4.01. The predicted octanol–water partition coefficient (Wildman–Crippen LogP) is 3.02. The van der Waals surface area contributed by atoms with E-state index in [9.17, 15) is 9.59 Å². The van der Waals surface area contributed by atoms with E-state index in [1.165, 1.54) is 0 Å². The van der Waals surface area contributed by atoms with Crippen LogP contribution in [0.3, 0.4) is 0 Å². The molecular weight excluding hydrogens is 334 g/mol. The minimum absolute atomic E-state index is 0.354. The normalized spacial score (nSPS) is 17.7. The third-order valence-corrected chi connectivity index (χ3v) is 4.46. The van der Waals surface area contributed by atoms with Crippen molar-refractivity contribution >= 4 is 17.5 Å². The highest BCUT2D eigenvalue weighted by Crippen LogP contribution is 2.37. The Hall–Kier alpha value is -2.70. The summed E-state index contributed by atoms with van der Waals surface area (Å²) in [6.45, 7) is 4.72. The standard InChI is InChI=1S/C20H19NO5/c1-20(2,19-24-11-12-25-19)26-16-10-6-5-9-15(16)21-17(22)13-7-3-4-8-14(13)18(21)23/h3-10,19H,11-12H2,1-2H3. The molecule has 1 fully saturated rings. The number of para-hydroxylation sites is 2. The lowest BCUT2D eigenvalue weighted by molar-refractivity contribution is -0.151. The van der Waals surface area contributed by atoms with E-state index in [0.717, 1.165) is 4.90 Å². The molecule has 0 radical (unpaired) electrons. The van der Waals surface area contributed by atoms with Gasteiger partial charge in [-0.3, -0.25) is 9.59 Å². The van der Waals surface area contributed by atoms with Gasteiger partial charge >= 0.3 is 0 Å². The van der Waals surface area contributed by atoms with Crippen LogP contribution < -0.4 is 9.64 Å². The molecule has 0 aliphatic carbocycles. The van der Waals surface area contributed by atoms with Crippen molar-refractivity contribution < 1.29 is 23.8 Å². The minimum Gasteiger partial charge on any atom is -0.480 e. The fourth-order valence-electron chi connectivity index (χ4n) is 3.23. The molecule has 2 aromatic carbocycles. The lowest BCUT2D eigenvalue weighted by Crippen LogP contribution is -2.43. The number of imide groups is 1. The van der Waals surface area contributed by atoms with Gasteiger partial charge in [-0.2, -0.15) is 0 Å². The third kappa shape index (κ3) is 2.67. The van der Waals surface area contributed by atoms with Crippen LogP contribution in [-0.2, 0) is 9.47 Å². The van der Waals surface area contributed by atoms with Gasteiger partial charge in [-0.15, -0.1) is 0 Å². The van der Waals surface area contributed by atoms with Crippen LogP contribution >= 0.6 is 0 Å². The second kappa shape index (κ2) is 6.23. The molecule has 6 heteroatoms. The van der Waals surface area contributed by atoms with Crippen molar-refractivity contribution in [3.8, 4) is 5.75 Å². The molecule has 0 N–H and O–H groups in total. The van der Waals surface area contributed by atoms with Crippen LogP contribution in [0, 0.1) is 0 Å². The minimum atomic E-state index is -0.786. The number of ether oxygens (including phenoxy) is 3. The smallest absolute Gasteiger partial charge is 0.266 e. The van der Waals surface area contributed by atoms with E-state index in [0.29, 0.717) is 35.8 Å². The molecule has 2 amide bonds. The monoisotopic (exact) mass is 353 g/mol. The van der Waals surface area contributed by atoms with E-state index in [1.807, 2.05) is 13.8 Å². The molecule has 134 valence electrons. The number of amides is 2. The van der Waals surface area contributed by atoms with Crippen molar-refractivity contribution in [2.45, 2.75) is 25.7 Å². The van der Waals surface area contributed by atoms with Crippen LogP contribution in [0.4, 0.5) is 5.69 Å². The first-order chi connectivity index (χ1) is 12.5. The van der Waals surface area contributed by atoms with Crippen LogP contribution in [0.1, 0.15) is 34.6 Å². The topological polar surface area (TPSA) is 65.1 Å². The van der Waals surface area contributed by atoms with Crippen molar-refractivity contribution in [2.75, 3.05) is 18.1 Å². The first-order valence-electron chi connectivity index (χ1n) is 8.48. The quantitative estimate of drug-likeness (QED) is 0.791. The van der Waals surface area contributed by atoms with Crippen molar-refractivity contribution in [2.24, 2.45) is 0 Å². The molecule has 0 aromatic heterocycles. The molecule has 2 aliphatic heterocycles. The van der Waals surface area contributed by atoms with Gasteiger partial charge in [-0.25, -0.2) is 4.90 Å². The Morgan fingerprint density at radius 3 is 2.08 bits per heavy atom. The van der Waals surface area contributed by atoms with Crippen LogP contribution in [0.15, 0.2) is 48.5 Å². The van der Waals surface area contributed by atoms with E-state index in [4.69, 9.17) is 14.2 Å². The Morgan fingerprint density at radius 1 is 0.923 bits per heavy atom. The summed E-state index contributed by atoms with van der Waals surface area (Å²) in [7, 11) is 0. The molecule has 2 aliphatic rings. The lowest BCUT2D eigenvalue weighted by atomic mass is 10.1. The van der Waals surface area contributed by atoms with Gasteiger partial charge in [0.05, 0.1) is 30.0 Å². The highest BCUT2D eigenvalue weighted by atomic mass is 16.7. The molecule has 0 unspecified atom stereocenters. The second-order valence-corrected chi connectivity index (χ2v) is 6.74. The Bertz CT molecular complexity index is 835. The van der Waals surface area contributed by atoms with Crippen molar-refractivity contribution in [3.63, 3.8) is 0 Å². The SMILES string of the molecule is CC(C)(Oc1ccccc1N1C(=O)c2ccccc2C1=O)C1OCCO1. The summed E-state index contributed by atoms with van der Waals surface area (Å²) < 4.78 is 17.2. The summed E-state index contributed by atoms with van der Waals surface area (Å²) in [5, 5.41) is 0. The number of nitrogens with zero attached hydrogens (tertiary/aromatic N) is 1. The summed E-state index contributed by atoms with van der Waals surface area (Å²) in [5.41, 5.74) is 0.415. The summed E-state index contributed by atoms with van der Waals surface area (Å²) >= 11 is 0. The number of hydrogen-bond acceptors (Lipinski definition) is 5. The maximum absolute atomic E-state index is 12.8. The van der Waals surface area contributed by atoms with Crippen molar-refractivity contribution in [1.29, 1.82) is 0 Å². The van der Waals surface area contributed by atoms with E-state index in [1.54, 1.807) is 48.5 Å². The van der Waals surface area contributed by atoms with Crippen LogP contribution in [0.2, 0.25) is 0 Å². The second-order valence-electron chi connectivity index (χ2n) is 6.74. The summed E-state index contributed by atoms with van der Waals surface area (Å²) in [4.78, 5) is 26.7. The van der Waals surface area contributed by atoms with E-state index in [-0.39, 0.29) is 11.8 Å². The zero-order chi connectivity index (χ0) is 18.3. The highest BCUT2D eigenvalue weighted by molar-refractivity contribution is 6.34. The molecule has 0 bridgehead atoms. The van der Waals surface area contributed by atoms with E-state index < -0.39 is 11.9 Å². The fraction of sp³-hybridized carbons (Fsp3) is 0.300. The number of carbonyl (C=O) groups excluding carboxylic acids is 2. The number of benzene rings is 2. The molecular formula is C20H19NO5. The predicted molar refractivity (Wildman–Crippen MR) is 94.4 cm³/mol. The number of carbonyl (C=O) groups is 2. The highest BCUT2D eigenvalue weighted by Gasteiger charge is 2.40. The summed E-state index contributed by atoms with van der Waals surface area (Å²) in [6.07, 6.45) is -0.516. The Labute approximate surface area is 151 Å². The molecule has 0 saturated carbocycles.